The molecule has 0 fully saturated rings. The van der Waals surface area contributed by atoms with Crippen molar-refractivity contribution in [3.05, 3.63) is 29.3 Å². The van der Waals surface area contributed by atoms with E-state index in [4.69, 9.17) is 10.5 Å². The average molecular weight is 262 g/mol. The predicted molar refractivity (Wildman–Crippen MR) is 72.4 cm³/mol. The Balaban J connectivity index is 2.08. The molecule has 7 heteroatoms. The normalized spacial score (nSPS) is 10.7. The number of ether oxygens (including phenoxy) is 1. The monoisotopic (exact) mass is 262 g/mol. The van der Waals surface area contributed by atoms with Gasteiger partial charge in [-0.1, -0.05) is 0 Å². The number of methoxy groups -OCH3 is 1. The molecule has 2 aromatic heterocycles. The smallest absolute Gasteiger partial charge is 0.158 e. The van der Waals surface area contributed by atoms with Gasteiger partial charge in [0, 0.05) is 38.0 Å². The van der Waals surface area contributed by atoms with Gasteiger partial charge in [0.1, 0.15) is 18.2 Å². The van der Waals surface area contributed by atoms with Crippen molar-refractivity contribution in [1.29, 1.82) is 0 Å². The van der Waals surface area contributed by atoms with Gasteiger partial charge in [0.2, 0.25) is 0 Å². The van der Waals surface area contributed by atoms with E-state index in [-0.39, 0.29) is 0 Å². The first-order valence-corrected chi connectivity index (χ1v) is 5.94. The van der Waals surface area contributed by atoms with Crippen molar-refractivity contribution >= 4 is 11.6 Å². The van der Waals surface area contributed by atoms with E-state index in [0.717, 1.165) is 11.3 Å². The Kier molecular flexibility index (Phi) is 3.96. The molecule has 0 aliphatic heterocycles. The lowest BCUT2D eigenvalue weighted by molar-refractivity contribution is 0.178. The minimum absolute atomic E-state index is 0.339. The molecule has 102 valence electrons. The number of nitrogens with zero attached hydrogens (tertiary/aromatic N) is 4. The Hall–Kier alpha value is -2.15. The first kappa shape index (κ1) is 13.3. The average Bonchev–Trinajstić information content (AvgIpc) is 2.67. The maximum absolute atomic E-state index is 5.73. The van der Waals surface area contributed by atoms with Gasteiger partial charge >= 0.3 is 0 Å². The Morgan fingerprint density at radius 3 is 2.84 bits per heavy atom. The summed E-state index contributed by atoms with van der Waals surface area (Å²) >= 11 is 0. The lowest BCUT2D eigenvalue weighted by Gasteiger charge is -2.08. The van der Waals surface area contributed by atoms with Gasteiger partial charge in [-0.25, -0.2) is 9.97 Å². The second kappa shape index (κ2) is 5.66. The van der Waals surface area contributed by atoms with Crippen molar-refractivity contribution in [3.63, 3.8) is 0 Å². The fraction of sp³-hybridized carbons (Fsp3) is 0.417. The van der Waals surface area contributed by atoms with Gasteiger partial charge in [0.05, 0.1) is 6.20 Å². The minimum atomic E-state index is 0.339. The molecule has 2 rings (SSSR count). The van der Waals surface area contributed by atoms with E-state index >= 15 is 0 Å². The molecule has 2 heterocycles. The number of hydrogen-bond acceptors (Lipinski definition) is 6. The third kappa shape index (κ3) is 3.19. The number of aromatic nitrogens is 4. The SMILES string of the molecule is COCc1nc(N)cc(NCc2cnn(C)c2C)n1. The summed E-state index contributed by atoms with van der Waals surface area (Å²) < 4.78 is 6.84. The maximum atomic E-state index is 5.73. The summed E-state index contributed by atoms with van der Waals surface area (Å²) in [6.45, 7) is 3.00. The molecule has 0 unspecified atom stereocenters. The number of nitrogen functional groups attached to an aromatic ring is 1. The predicted octanol–water partition coefficient (Wildman–Crippen LogP) is 0.859. The Labute approximate surface area is 111 Å². The van der Waals surface area contributed by atoms with Crippen LogP contribution in [-0.4, -0.2) is 26.9 Å². The van der Waals surface area contributed by atoms with Crippen LogP contribution in [0.5, 0.6) is 0 Å². The number of rotatable bonds is 5. The van der Waals surface area contributed by atoms with Crippen LogP contribution in [0.1, 0.15) is 17.1 Å². The van der Waals surface area contributed by atoms with Crippen LogP contribution in [0.4, 0.5) is 11.6 Å². The standard InChI is InChI=1S/C12H18N6O/c1-8-9(6-15-18(8)2)5-14-11-4-10(13)16-12(17-11)7-19-3/h4,6H,5,7H2,1-3H3,(H3,13,14,16,17). The van der Waals surface area contributed by atoms with Crippen molar-refractivity contribution in [2.24, 2.45) is 7.05 Å². The van der Waals surface area contributed by atoms with Crippen LogP contribution in [0.2, 0.25) is 0 Å². The highest BCUT2D eigenvalue weighted by Gasteiger charge is 2.06. The molecule has 2 aromatic rings. The number of aryl methyl sites for hydroxylation is 1. The van der Waals surface area contributed by atoms with Gasteiger partial charge in [0.25, 0.3) is 0 Å². The summed E-state index contributed by atoms with van der Waals surface area (Å²) in [5, 5.41) is 7.41. The molecular formula is C12H18N6O. The van der Waals surface area contributed by atoms with Crippen LogP contribution in [0, 0.1) is 6.92 Å². The topological polar surface area (TPSA) is 90.9 Å². The van der Waals surface area contributed by atoms with Gasteiger partial charge < -0.3 is 15.8 Å². The second-order valence-corrected chi connectivity index (χ2v) is 4.26. The van der Waals surface area contributed by atoms with Gasteiger partial charge in [-0.15, -0.1) is 0 Å². The van der Waals surface area contributed by atoms with Gasteiger partial charge in [-0.2, -0.15) is 5.10 Å². The molecule has 0 amide bonds. The number of nitrogens with one attached hydrogen (secondary N) is 1. The Morgan fingerprint density at radius 2 is 2.21 bits per heavy atom. The highest BCUT2D eigenvalue weighted by atomic mass is 16.5. The van der Waals surface area contributed by atoms with Crippen molar-refractivity contribution in [3.8, 4) is 0 Å². The Morgan fingerprint density at radius 1 is 1.42 bits per heavy atom. The maximum Gasteiger partial charge on any atom is 0.158 e. The lowest BCUT2D eigenvalue weighted by Crippen LogP contribution is -2.07. The molecule has 19 heavy (non-hydrogen) atoms. The zero-order valence-electron chi connectivity index (χ0n) is 11.3. The molecular weight excluding hydrogens is 244 g/mol. The number of anilines is 2. The molecule has 0 radical (unpaired) electrons. The molecule has 0 aromatic carbocycles. The van der Waals surface area contributed by atoms with E-state index in [2.05, 4.69) is 20.4 Å². The summed E-state index contributed by atoms with van der Waals surface area (Å²) in [5.41, 5.74) is 7.97. The van der Waals surface area contributed by atoms with Crippen LogP contribution in [0.3, 0.4) is 0 Å². The van der Waals surface area contributed by atoms with Crippen LogP contribution in [0.25, 0.3) is 0 Å². The van der Waals surface area contributed by atoms with Gasteiger partial charge in [-0.05, 0) is 6.92 Å². The first-order chi connectivity index (χ1) is 9.10. The summed E-state index contributed by atoms with van der Waals surface area (Å²) in [6.07, 6.45) is 1.84. The third-order valence-corrected chi connectivity index (χ3v) is 2.86. The van der Waals surface area contributed by atoms with Gasteiger partial charge in [-0.3, -0.25) is 4.68 Å². The molecule has 0 aliphatic rings. The summed E-state index contributed by atoms with van der Waals surface area (Å²) in [6, 6.07) is 1.70. The van der Waals surface area contributed by atoms with E-state index in [1.165, 1.54) is 0 Å². The van der Waals surface area contributed by atoms with Crippen molar-refractivity contribution in [2.75, 3.05) is 18.2 Å². The fourth-order valence-electron chi connectivity index (χ4n) is 1.71. The molecule has 0 saturated heterocycles. The van der Waals surface area contributed by atoms with Gasteiger partial charge in [0.15, 0.2) is 5.82 Å². The molecule has 3 N–H and O–H groups in total. The molecule has 0 atom stereocenters. The van der Waals surface area contributed by atoms with Crippen molar-refractivity contribution in [1.82, 2.24) is 19.7 Å². The number of hydrogen-bond donors (Lipinski definition) is 2. The van der Waals surface area contributed by atoms with E-state index in [1.807, 2.05) is 24.9 Å². The first-order valence-electron chi connectivity index (χ1n) is 5.94. The fourth-order valence-corrected chi connectivity index (χ4v) is 1.71. The summed E-state index contributed by atoms with van der Waals surface area (Å²) in [4.78, 5) is 8.41. The van der Waals surface area contributed by atoms with Crippen molar-refractivity contribution in [2.45, 2.75) is 20.1 Å². The largest absolute Gasteiger partial charge is 0.384 e. The van der Waals surface area contributed by atoms with E-state index in [1.54, 1.807) is 13.2 Å². The zero-order chi connectivity index (χ0) is 13.8. The zero-order valence-corrected chi connectivity index (χ0v) is 11.3. The highest BCUT2D eigenvalue weighted by Crippen LogP contribution is 2.12. The summed E-state index contributed by atoms with van der Waals surface area (Å²) in [7, 11) is 3.51. The van der Waals surface area contributed by atoms with Crippen LogP contribution < -0.4 is 11.1 Å². The lowest BCUT2D eigenvalue weighted by atomic mass is 10.2. The molecule has 0 bridgehead atoms. The third-order valence-electron chi connectivity index (χ3n) is 2.86. The van der Waals surface area contributed by atoms with Crippen LogP contribution in [-0.2, 0) is 24.9 Å². The van der Waals surface area contributed by atoms with E-state index in [0.29, 0.717) is 30.6 Å². The molecule has 0 spiro atoms. The van der Waals surface area contributed by atoms with Crippen molar-refractivity contribution < 1.29 is 4.74 Å². The molecule has 7 nitrogen and oxygen atoms in total. The van der Waals surface area contributed by atoms with E-state index < -0.39 is 0 Å². The molecule has 0 saturated carbocycles. The summed E-state index contributed by atoms with van der Waals surface area (Å²) in [5.74, 6) is 1.67. The van der Waals surface area contributed by atoms with E-state index in [9.17, 15) is 0 Å². The van der Waals surface area contributed by atoms with Crippen LogP contribution >= 0.6 is 0 Å². The van der Waals surface area contributed by atoms with Crippen LogP contribution in [0.15, 0.2) is 12.3 Å². The highest BCUT2D eigenvalue weighted by molar-refractivity contribution is 5.45. The Bertz CT molecular complexity index is 565. The minimum Gasteiger partial charge on any atom is -0.384 e. The number of nitrogens with two attached hydrogens (primary N) is 1. The molecule has 0 aliphatic carbocycles. The second-order valence-electron chi connectivity index (χ2n) is 4.26. The quantitative estimate of drug-likeness (QED) is 0.830.